The van der Waals surface area contributed by atoms with Crippen molar-refractivity contribution >= 4 is 51.3 Å². The van der Waals surface area contributed by atoms with E-state index >= 15 is 0 Å². The summed E-state index contributed by atoms with van der Waals surface area (Å²) in [7, 11) is -5.89. The average molecular weight is 453 g/mol. The number of aliphatic hydroxyl groups excluding tert-OH is 1. The molecular weight excluding hydrogens is 408 g/mol. The third-order valence-corrected chi connectivity index (χ3v) is 15.8. The fourth-order valence-corrected chi connectivity index (χ4v) is 19.7. The Morgan fingerprint density at radius 2 is 0.875 bits per heavy atom. The first kappa shape index (κ1) is 32.9. The zero-order valence-corrected chi connectivity index (χ0v) is 23.7. The fraction of sp³-hybridized carbons (Fsp3) is 1.00. The molecule has 0 bridgehead atoms. The monoisotopic (exact) mass is 452 g/mol. The largest absolute Gasteiger partial charge is 0.437 e. The van der Waals surface area contributed by atoms with E-state index in [0.29, 0.717) is 0 Å². The third kappa shape index (κ3) is 28.1. The molecule has 2 N–H and O–H groups in total. The van der Waals surface area contributed by atoms with Crippen molar-refractivity contribution in [3.05, 3.63) is 0 Å². The number of rotatable bonds is 7. The van der Waals surface area contributed by atoms with Gasteiger partial charge in [0.15, 0.2) is 26.1 Å². The van der Waals surface area contributed by atoms with Crippen LogP contribution in [0.25, 0.3) is 0 Å². The Balaban J connectivity index is -0.000000248. The molecule has 0 spiro atoms. The molecule has 0 aromatic heterocycles. The van der Waals surface area contributed by atoms with E-state index in [1.165, 1.54) is 0 Å². The van der Waals surface area contributed by atoms with Crippen LogP contribution in [0, 0.1) is 0 Å². The first-order valence-electron chi connectivity index (χ1n) is 7.84. The van der Waals surface area contributed by atoms with Gasteiger partial charge in [0, 0.05) is 7.11 Å². The molecule has 0 fully saturated rings. The quantitative estimate of drug-likeness (QED) is 0.456. The van der Waals surface area contributed by atoms with Crippen LogP contribution in [0.3, 0.4) is 0 Å². The molecule has 0 rings (SSSR count). The Bertz CT molecular complexity index is 265. The molecule has 24 heavy (non-hydrogen) atoms. The molecule has 1 atom stereocenters. The van der Waals surface area contributed by atoms with Crippen LogP contribution in [0.15, 0.2) is 0 Å². The van der Waals surface area contributed by atoms with E-state index in [1.54, 1.807) is 0 Å². The lowest BCUT2D eigenvalue weighted by Gasteiger charge is -2.39. The summed E-state index contributed by atoms with van der Waals surface area (Å²) >= 11 is 0. The first-order chi connectivity index (χ1) is 10.0. The van der Waals surface area contributed by atoms with Gasteiger partial charge in [0.1, 0.15) is 0 Å². The molecule has 0 saturated carbocycles. The maximum atomic E-state index is 8.03. The van der Waals surface area contributed by atoms with E-state index in [2.05, 4.69) is 65.5 Å². The van der Waals surface area contributed by atoms with Gasteiger partial charge >= 0.3 is 17.1 Å². The van der Waals surface area contributed by atoms with Crippen molar-refractivity contribution in [2.45, 2.75) is 72.9 Å². The molecule has 1 unspecified atom stereocenters. The number of hydrogen-bond donors (Lipinski definition) is 2. The van der Waals surface area contributed by atoms with Crippen molar-refractivity contribution < 1.29 is 22.2 Å². The minimum absolute atomic E-state index is 0. The molecule has 0 aliphatic rings. The Morgan fingerprint density at radius 1 is 0.667 bits per heavy atom. The molecule has 152 valence electrons. The maximum Gasteiger partial charge on any atom is 0.312 e. The van der Waals surface area contributed by atoms with E-state index in [-0.39, 0.29) is 7.43 Å². The van der Waals surface area contributed by atoms with Crippen molar-refractivity contribution in [2.24, 2.45) is 0 Å². The van der Waals surface area contributed by atoms with Gasteiger partial charge in [-0.25, -0.2) is 0 Å². The SMILES string of the molecule is C.CO.CP[SiH2]O.C[Si](C)(C)O[Si](C)(C)O[Si](C)(C)O[Si](C)(C)C. The summed E-state index contributed by atoms with van der Waals surface area (Å²) in [4.78, 5) is 8.03. The van der Waals surface area contributed by atoms with Crippen LogP contribution >= 0.6 is 8.13 Å². The van der Waals surface area contributed by atoms with Gasteiger partial charge in [0.25, 0.3) is 0 Å². The van der Waals surface area contributed by atoms with Crippen LogP contribution in [0.1, 0.15) is 7.43 Å². The first-order valence-corrected chi connectivity index (χ1v) is 24.8. The highest BCUT2D eigenvalue weighted by Gasteiger charge is 2.41. The molecule has 5 nitrogen and oxygen atoms in total. The highest BCUT2D eigenvalue weighted by atomic mass is 31.3. The van der Waals surface area contributed by atoms with Gasteiger partial charge in [-0.15, -0.1) is 8.13 Å². The van der Waals surface area contributed by atoms with Crippen LogP contribution in [-0.2, 0) is 12.3 Å². The molecule has 0 radical (unpaired) electrons. The number of aliphatic hydroxyl groups is 1. The minimum Gasteiger partial charge on any atom is -0.437 e. The fourth-order valence-electron chi connectivity index (χ4n) is 2.11. The molecule has 11 heteroatoms. The lowest BCUT2D eigenvalue weighted by atomic mass is 11.8. The third-order valence-electron chi connectivity index (χ3n) is 1.75. The minimum atomic E-state index is -2.05. The normalized spacial score (nSPS) is 13.2. The van der Waals surface area contributed by atoms with Gasteiger partial charge in [0.05, 0.1) is 0 Å². The summed E-state index contributed by atoms with van der Waals surface area (Å²) in [6.07, 6.45) is 0. The standard InChI is InChI=1S/C10H30O3Si4.CH7OPSi.CH4O.CH4/c1-14(2,3)11-16(7,8)13-17(9,10)12-15(4,5)6;1-3-4-2;1-2;/h1-10H3;2-3H,4H2,1H3;2H,1H3;1H4. The molecule has 0 amide bonds. The summed E-state index contributed by atoms with van der Waals surface area (Å²) < 4.78 is 18.7. The highest BCUT2D eigenvalue weighted by Crippen LogP contribution is 2.23. The van der Waals surface area contributed by atoms with Crippen molar-refractivity contribution in [1.29, 1.82) is 0 Å². The van der Waals surface area contributed by atoms with E-state index in [1.807, 2.05) is 6.66 Å². The Hall–Kier alpha value is 1.31. The van der Waals surface area contributed by atoms with Crippen LogP contribution in [0.2, 0.25) is 65.5 Å². The van der Waals surface area contributed by atoms with Gasteiger partial charge in [-0.3, -0.25) is 0 Å². The van der Waals surface area contributed by atoms with Crippen molar-refractivity contribution in [3.63, 3.8) is 0 Å². The molecular formula is C13H45O5PSi5. The van der Waals surface area contributed by atoms with E-state index in [4.69, 9.17) is 22.2 Å². The lowest BCUT2D eigenvalue weighted by Crippen LogP contribution is -2.55. The molecule has 0 aromatic carbocycles. The summed E-state index contributed by atoms with van der Waals surface area (Å²) in [5, 5.41) is 7.00. The Morgan fingerprint density at radius 3 is 1.00 bits per heavy atom. The second-order valence-electron chi connectivity index (χ2n) is 7.84. The lowest BCUT2D eigenvalue weighted by molar-refractivity contribution is 0.331. The number of hydrogen-bond acceptors (Lipinski definition) is 5. The van der Waals surface area contributed by atoms with Crippen molar-refractivity contribution in [1.82, 2.24) is 0 Å². The van der Waals surface area contributed by atoms with Crippen LogP contribution in [0.4, 0.5) is 0 Å². The average Bonchev–Trinajstić information content (AvgIpc) is 2.23. The zero-order valence-electron chi connectivity index (χ0n) is 17.3. The Kier molecular flexibility index (Phi) is 19.7. The Labute approximate surface area is 160 Å². The van der Waals surface area contributed by atoms with Gasteiger partial charge in [-0.2, -0.15) is 0 Å². The van der Waals surface area contributed by atoms with Crippen LogP contribution < -0.4 is 0 Å². The predicted molar refractivity (Wildman–Crippen MR) is 125 cm³/mol. The molecule has 0 heterocycles. The molecule has 0 saturated heterocycles. The summed E-state index contributed by atoms with van der Waals surface area (Å²) in [5.74, 6) is 0. The van der Waals surface area contributed by atoms with E-state index in [9.17, 15) is 0 Å². The molecule has 0 aliphatic heterocycles. The van der Waals surface area contributed by atoms with E-state index < -0.39 is 43.2 Å². The second kappa shape index (κ2) is 14.4. The second-order valence-corrected chi connectivity index (χ2v) is 28.4. The topological polar surface area (TPSA) is 68.2 Å². The van der Waals surface area contributed by atoms with E-state index in [0.717, 1.165) is 15.2 Å². The zero-order chi connectivity index (χ0) is 19.5. The highest BCUT2D eigenvalue weighted by molar-refractivity contribution is 7.68. The summed E-state index contributed by atoms with van der Waals surface area (Å²) in [6.45, 7) is 23.8. The van der Waals surface area contributed by atoms with Gasteiger partial charge in [0.2, 0.25) is 0 Å². The van der Waals surface area contributed by atoms with Crippen LogP contribution in [-0.4, -0.2) is 66.9 Å². The maximum absolute atomic E-state index is 8.03. The van der Waals surface area contributed by atoms with Crippen molar-refractivity contribution in [3.8, 4) is 0 Å². The summed E-state index contributed by atoms with van der Waals surface area (Å²) in [5.41, 5.74) is 0. The van der Waals surface area contributed by atoms with Gasteiger partial charge in [-0.1, -0.05) is 7.43 Å². The predicted octanol–water partition coefficient (Wildman–Crippen LogP) is 3.64. The molecule has 0 aliphatic carbocycles. The van der Waals surface area contributed by atoms with Gasteiger partial charge < -0.3 is 22.2 Å². The van der Waals surface area contributed by atoms with Gasteiger partial charge in [-0.05, 0) is 72.1 Å². The smallest absolute Gasteiger partial charge is 0.312 e. The van der Waals surface area contributed by atoms with Crippen molar-refractivity contribution in [2.75, 3.05) is 13.8 Å². The molecule has 0 aromatic rings. The van der Waals surface area contributed by atoms with Crippen LogP contribution in [0.5, 0.6) is 0 Å². The summed E-state index contributed by atoms with van der Waals surface area (Å²) in [6, 6.07) is 0.